The minimum Gasteiger partial charge on any atom is -0.465 e. The normalized spacial score (nSPS) is 33.9. The van der Waals surface area contributed by atoms with E-state index in [2.05, 4.69) is 0 Å². The molecule has 2 fully saturated rings. The van der Waals surface area contributed by atoms with E-state index in [-0.39, 0.29) is 30.1 Å². The largest absolute Gasteiger partial charge is 0.465 e. The molecular formula is C28H29F5O4. The van der Waals surface area contributed by atoms with Gasteiger partial charge in [0, 0.05) is 17.8 Å². The van der Waals surface area contributed by atoms with E-state index in [1.165, 1.54) is 14.0 Å². The average molecular weight is 525 g/mol. The molecule has 0 radical (unpaired) electrons. The van der Waals surface area contributed by atoms with Crippen LogP contribution in [0.1, 0.15) is 73.7 Å². The van der Waals surface area contributed by atoms with Gasteiger partial charge >= 0.3 is 18.1 Å². The van der Waals surface area contributed by atoms with Crippen LogP contribution in [0, 0.1) is 17.3 Å². The Morgan fingerprint density at radius 3 is 2.35 bits per heavy atom. The predicted octanol–water partition coefficient (Wildman–Crippen LogP) is 6.30. The van der Waals surface area contributed by atoms with Gasteiger partial charge in [-0.2, -0.15) is 22.0 Å². The first-order chi connectivity index (χ1) is 17.2. The van der Waals surface area contributed by atoms with Crippen LogP contribution in [0.4, 0.5) is 22.0 Å². The van der Waals surface area contributed by atoms with Gasteiger partial charge in [0.05, 0.1) is 12.7 Å². The van der Waals surface area contributed by atoms with Crippen molar-refractivity contribution in [2.45, 2.75) is 75.5 Å². The molecule has 4 aliphatic carbocycles. The smallest absolute Gasteiger partial charge is 0.456 e. The molecule has 1 aromatic carbocycles. The summed E-state index contributed by atoms with van der Waals surface area (Å²) in [7, 11) is 1.25. The van der Waals surface area contributed by atoms with Gasteiger partial charge in [-0.3, -0.25) is 4.79 Å². The lowest BCUT2D eigenvalue weighted by Gasteiger charge is -2.56. The van der Waals surface area contributed by atoms with Crippen molar-refractivity contribution >= 4 is 11.8 Å². The van der Waals surface area contributed by atoms with Crippen molar-refractivity contribution in [2.75, 3.05) is 7.11 Å². The van der Waals surface area contributed by atoms with Crippen molar-refractivity contribution in [1.29, 1.82) is 0 Å². The number of hydrogen-bond donors (Lipinski definition) is 1. The van der Waals surface area contributed by atoms with Gasteiger partial charge in [-0.1, -0.05) is 24.6 Å². The summed E-state index contributed by atoms with van der Waals surface area (Å²) >= 11 is 0. The van der Waals surface area contributed by atoms with Crippen LogP contribution in [0.15, 0.2) is 47.1 Å². The molecule has 4 aliphatic rings. The Morgan fingerprint density at radius 1 is 1.05 bits per heavy atom. The third-order valence-corrected chi connectivity index (χ3v) is 9.50. The monoisotopic (exact) mass is 524 g/mol. The first-order valence-corrected chi connectivity index (χ1v) is 12.6. The number of halogens is 5. The zero-order chi connectivity index (χ0) is 27.0. The number of esters is 1. The van der Waals surface area contributed by atoms with Crippen molar-refractivity contribution in [3.63, 3.8) is 0 Å². The van der Waals surface area contributed by atoms with Crippen molar-refractivity contribution in [3.05, 3.63) is 58.2 Å². The fourth-order valence-corrected chi connectivity index (χ4v) is 7.68. The summed E-state index contributed by atoms with van der Waals surface area (Å²) in [5.74, 6) is -7.19. The summed E-state index contributed by atoms with van der Waals surface area (Å²) in [4.78, 5) is 24.1. The van der Waals surface area contributed by atoms with Crippen LogP contribution in [-0.4, -0.2) is 41.7 Å². The number of aliphatic hydroxyl groups is 1. The van der Waals surface area contributed by atoms with Crippen LogP contribution in [0.25, 0.3) is 0 Å². The number of hydrogen-bond acceptors (Lipinski definition) is 4. The number of allylic oxidation sites excluding steroid dienone is 4. The molecule has 0 heterocycles. The zero-order valence-corrected chi connectivity index (χ0v) is 20.6. The number of benzene rings is 1. The summed E-state index contributed by atoms with van der Waals surface area (Å²) in [6.45, 7) is 1.39. The second-order valence-electron chi connectivity index (χ2n) is 11.1. The second kappa shape index (κ2) is 8.48. The zero-order valence-electron chi connectivity index (χ0n) is 20.6. The Bertz CT molecular complexity index is 1200. The Labute approximate surface area is 211 Å². The number of ether oxygens (including phenoxy) is 1. The summed E-state index contributed by atoms with van der Waals surface area (Å²) < 4.78 is 75.6. The van der Waals surface area contributed by atoms with Crippen molar-refractivity contribution in [2.24, 2.45) is 17.3 Å². The Balaban J connectivity index is 1.67. The highest BCUT2D eigenvalue weighted by Gasteiger charge is 2.79. The number of carbonyl (C=O) groups is 2. The lowest BCUT2D eigenvalue weighted by Crippen LogP contribution is -2.65. The maximum atomic E-state index is 15.0. The van der Waals surface area contributed by atoms with E-state index in [4.69, 9.17) is 4.74 Å². The minimum atomic E-state index is -5.89. The summed E-state index contributed by atoms with van der Waals surface area (Å²) in [6, 6.07) is 6.44. The maximum Gasteiger partial charge on any atom is 0.456 e. The van der Waals surface area contributed by atoms with E-state index >= 15 is 0 Å². The molecule has 0 bridgehead atoms. The molecule has 200 valence electrons. The van der Waals surface area contributed by atoms with Gasteiger partial charge in [-0.15, -0.1) is 0 Å². The van der Waals surface area contributed by atoms with Gasteiger partial charge in [0.2, 0.25) is 0 Å². The molecule has 1 N–H and O–H groups in total. The van der Waals surface area contributed by atoms with Crippen LogP contribution in [0.2, 0.25) is 0 Å². The highest BCUT2D eigenvalue weighted by Crippen LogP contribution is 2.70. The molecule has 2 saturated carbocycles. The number of methoxy groups -OCH3 is 1. The van der Waals surface area contributed by atoms with Crippen molar-refractivity contribution in [3.8, 4) is 0 Å². The quantitative estimate of drug-likeness (QED) is 0.372. The molecule has 0 aliphatic heterocycles. The number of ketones is 1. The van der Waals surface area contributed by atoms with E-state index in [1.807, 2.05) is 0 Å². The second-order valence-corrected chi connectivity index (χ2v) is 11.1. The predicted molar refractivity (Wildman–Crippen MR) is 124 cm³/mol. The molecular weight excluding hydrogens is 495 g/mol. The minimum absolute atomic E-state index is 0.0255. The molecule has 0 spiro atoms. The van der Waals surface area contributed by atoms with Gasteiger partial charge in [-0.05, 0) is 85.3 Å². The van der Waals surface area contributed by atoms with Crippen LogP contribution in [0.3, 0.4) is 0 Å². The number of rotatable bonds is 3. The molecule has 5 atom stereocenters. The Morgan fingerprint density at radius 2 is 1.73 bits per heavy atom. The van der Waals surface area contributed by atoms with Gasteiger partial charge < -0.3 is 9.84 Å². The highest BCUT2D eigenvalue weighted by atomic mass is 19.4. The summed E-state index contributed by atoms with van der Waals surface area (Å²) in [5.41, 5.74) is -1.11. The molecule has 0 saturated heterocycles. The standard InChI is InChI=1S/C28H29F5O4/c1-25-14-21(15-3-5-16(6-4-15)24(35)37-2)23-19-10-8-18(34)13-17(19)7-9-20(23)22(25)11-12-26(25,36)27(29,30)28(31,32)33/h3-6,13,20-22,36H,7-12,14H2,1-2H3/t20?,21?,22?,25-,26?/m0/s1. The Kier molecular flexibility index (Phi) is 5.98. The van der Waals surface area contributed by atoms with Crippen LogP contribution in [0.5, 0.6) is 0 Å². The Hall–Kier alpha value is -2.55. The molecule has 5 rings (SSSR count). The first kappa shape index (κ1) is 26.1. The molecule has 4 unspecified atom stereocenters. The van der Waals surface area contributed by atoms with E-state index in [0.29, 0.717) is 31.2 Å². The highest BCUT2D eigenvalue weighted by molar-refractivity contribution is 5.93. The van der Waals surface area contributed by atoms with Gasteiger partial charge in [0.1, 0.15) is 5.60 Å². The van der Waals surface area contributed by atoms with Gasteiger partial charge in [-0.25, -0.2) is 4.79 Å². The van der Waals surface area contributed by atoms with Crippen LogP contribution in [-0.2, 0) is 9.53 Å². The molecule has 1 aromatic rings. The summed E-state index contributed by atoms with van der Waals surface area (Å²) in [5, 5.41) is 11.3. The van der Waals surface area contributed by atoms with E-state index in [9.17, 15) is 36.6 Å². The fourth-order valence-electron chi connectivity index (χ4n) is 7.68. The maximum absolute atomic E-state index is 15.0. The van der Waals surface area contributed by atoms with E-state index in [1.54, 1.807) is 30.3 Å². The van der Waals surface area contributed by atoms with Gasteiger partial charge in [0.25, 0.3) is 0 Å². The van der Waals surface area contributed by atoms with Crippen molar-refractivity contribution < 1.29 is 41.4 Å². The van der Waals surface area contributed by atoms with Crippen LogP contribution < -0.4 is 0 Å². The third kappa shape index (κ3) is 3.63. The van der Waals surface area contributed by atoms with Crippen LogP contribution >= 0.6 is 0 Å². The third-order valence-electron chi connectivity index (χ3n) is 9.50. The molecule has 4 nitrogen and oxygen atoms in total. The van der Waals surface area contributed by atoms with Gasteiger partial charge in [0.15, 0.2) is 5.78 Å². The molecule has 37 heavy (non-hydrogen) atoms. The molecule has 0 aromatic heterocycles. The number of carbonyl (C=O) groups excluding carboxylic acids is 2. The molecule has 0 amide bonds. The number of alkyl halides is 5. The van der Waals surface area contributed by atoms with E-state index < -0.39 is 47.3 Å². The first-order valence-electron chi connectivity index (χ1n) is 12.6. The lowest BCUT2D eigenvalue weighted by atomic mass is 9.50. The molecule has 9 heteroatoms. The SMILES string of the molecule is COC(=O)c1ccc(C2C[C@@]3(C)C(CCC3(O)C(F)(F)C(F)(F)F)C3CCC4=CC(=O)CCC4=C23)cc1. The van der Waals surface area contributed by atoms with Crippen molar-refractivity contribution in [1.82, 2.24) is 0 Å². The lowest BCUT2D eigenvalue weighted by molar-refractivity contribution is -0.362. The van der Waals surface area contributed by atoms with E-state index in [0.717, 1.165) is 16.7 Å². The summed E-state index contributed by atoms with van der Waals surface area (Å²) in [6.07, 6.45) is -3.05. The topological polar surface area (TPSA) is 63.6 Å². The fraction of sp³-hybridized carbons (Fsp3) is 0.571. The number of fused-ring (bicyclic) bond motifs is 4. The average Bonchev–Trinajstić information content (AvgIpc) is 3.13.